The molecule has 0 aliphatic carbocycles. The first-order chi connectivity index (χ1) is 11.7. The van der Waals surface area contributed by atoms with Crippen LogP contribution in [0.1, 0.15) is 11.1 Å². The number of carbonyl (C=O) groups excluding carboxylic acids is 1. The van der Waals surface area contributed by atoms with Crippen molar-refractivity contribution in [3.8, 4) is 17.2 Å². The van der Waals surface area contributed by atoms with Crippen LogP contribution in [0.15, 0.2) is 42.5 Å². The van der Waals surface area contributed by atoms with E-state index in [2.05, 4.69) is 5.32 Å². The molecule has 2 aromatic rings. The number of amides is 1. The van der Waals surface area contributed by atoms with Crippen LogP contribution in [0, 0.1) is 0 Å². The zero-order valence-corrected chi connectivity index (χ0v) is 13.7. The van der Waals surface area contributed by atoms with Gasteiger partial charge in [-0.2, -0.15) is 0 Å². The van der Waals surface area contributed by atoms with Gasteiger partial charge in [-0.3, -0.25) is 4.79 Å². The van der Waals surface area contributed by atoms with Gasteiger partial charge in [-0.25, -0.2) is 0 Å². The lowest BCUT2D eigenvalue weighted by molar-refractivity contribution is -0.120. The minimum atomic E-state index is 0.0118. The monoisotopic (exact) mass is 327 g/mol. The number of ether oxygens (including phenoxy) is 3. The number of rotatable bonds is 6. The van der Waals surface area contributed by atoms with E-state index in [1.165, 1.54) is 0 Å². The Hall–Kier alpha value is -2.69. The number of hydrogen-bond acceptors (Lipinski definition) is 4. The van der Waals surface area contributed by atoms with Crippen molar-refractivity contribution in [3.63, 3.8) is 0 Å². The van der Waals surface area contributed by atoms with Crippen molar-refractivity contribution in [2.45, 2.75) is 12.8 Å². The highest BCUT2D eigenvalue weighted by Gasteiger charge is 2.11. The van der Waals surface area contributed by atoms with Gasteiger partial charge in [0.05, 0.1) is 13.5 Å². The molecule has 24 heavy (non-hydrogen) atoms. The maximum Gasteiger partial charge on any atom is 0.224 e. The first-order valence-electron chi connectivity index (χ1n) is 8.03. The van der Waals surface area contributed by atoms with Gasteiger partial charge in [-0.15, -0.1) is 0 Å². The van der Waals surface area contributed by atoms with E-state index in [0.717, 1.165) is 34.8 Å². The normalized spacial score (nSPS) is 12.5. The van der Waals surface area contributed by atoms with Crippen LogP contribution in [0.2, 0.25) is 0 Å². The van der Waals surface area contributed by atoms with Gasteiger partial charge in [0.15, 0.2) is 11.5 Å². The summed E-state index contributed by atoms with van der Waals surface area (Å²) < 4.78 is 16.2. The van der Waals surface area contributed by atoms with Gasteiger partial charge in [0.2, 0.25) is 5.91 Å². The van der Waals surface area contributed by atoms with Gasteiger partial charge in [-0.05, 0) is 41.8 Å². The third-order valence-electron chi connectivity index (χ3n) is 3.87. The predicted octanol–water partition coefficient (Wildman–Crippen LogP) is 2.37. The number of carbonyl (C=O) groups is 1. The quantitative estimate of drug-likeness (QED) is 0.885. The molecule has 1 amide bonds. The molecular formula is C19H21NO4. The third kappa shape index (κ3) is 4.19. The lowest BCUT2D eigenvalue weighted by Gasteiger charge is -2.18. The highest BCUT2D eigenvalue weighted by Crippen LogP contribution is 2.30. The Balaban J connectivity index is 1.46. The Labute approximate surface area is 141 Å². The van der Waals surface area contributed by atoms with Gasteiger partial charge in [0.25, 0.3) is 0 Å². The van der Waals surface area contributed by atoms with Crippen LogP contribution >= 0.6 is 0 Å². The number of methoxy groups -OCH3 is 1. The molecule has 0 fully saturated rings. The Bertz CT molecular complexity index is 697. The molecule has 2 aromatic carbocycles. The molecule has 0 aromatic heterocycles. The largest absolute Gasteiger partial charge is 0.497 e. The van der Waals surface area contributed by atoms with E-state index in [-0.39, 0.29) is 5.91 Å². The molecule has 1 aliphatic rings. The van der Waals surface area contributed by atoms with Crippen molar-refractivity contribution < 1.29 is 19.0 Å². The second-order valence-electron chi connectivity index (χ2n) is 5.60. The Kier molecular flexibility index (Phi) is 5.21. The SMILES string of the molecule is COc1ccc(CC(=O)NCCc2ccc3c(c2)OCCO3)cc1. The van der Waals surface area contributed by atoms with E-state index in [0.29, 0.717) is 26.2 Å². The number of nitrogens with one attached hydrogen (secondary N) is 1. The summed E-state index contributed by atoms with van der Waals surface area (Å²) in [5, 5.41) is 2.95. The second-order valence-corrected chi connectivity index (χ2v) is 5.60. The molecule has 5 nitrogen and oxygen atoms in total. The average molecular weight is 327 g/mol. The molecule has 0 radical (unpaired) electrons. The van der Waals surface area contributed by atoms with E-state index < -0.39 is 0 Å². The Morgan fingerprint density at radius 2 is 1.75 bits per heavy atom. The maximum absolute atomic E-state index is 12.0. The van der Waals surface area contributed by atoms with Crippen LogP contribution in [-0.4, -0.2) is 32.8 Å². The molecule has 1 aliphatic heterocycles. The summed E-state index contributed by atoms with van der Waals surface area (Å²) in [7, 11) is 1.62. The fourth-order valence-electron chi connectivity index (χ4n) is 2.58. The van der Waals surface area contributed by atoms with Crippen LogP contribution < -0.4 is 19.5 Å². The topological polar surface area (TPSA) is 56.8 Å². The predicted molar refractivity (Wildman–Crippen MR) is 90.8 cm³/mol. The summed E-state index contributed by atoms with van der Waals surface area (Å²) in [5.41, 5.74) is 2.08. The van der Waals surface area contributed by atoms with Crippen LogP contribution in [0.3, 0.4) is 0 Å². The molecule has 0 saturated heterocycles. The fraction of sp³-hybridized carbons (Fsp3) is 0.316. The Morgan fingerprint density at radius 1 is 1.04 bits per heavy atom. The first-order valence-corrected chi connectivity index (χ1v) is 8.03. The van der Waals surface area contributed by atoms with Crippen molar-refractivity contribution in [2.24, 2.45) is 0 Å². The molecule has 0 bridgehead atoms. The van der Waals surface area contributed by atoms with Gasteiger partial charge >= 0.3 is 0 Å². The molecule has 0 atom stereocenters. The minimum absolute atomic E-state index is 0.0118. The lowest BCUT2D eigenvalue weighted by atomic mass is 10.1. The molecule has 1 heterocycles. The van der Waals surface area contributed by atoms with Crippen LogP contribution in [-0.2, 0) is 17.6 Å². The van der Waals surface area contributed by atoms with Crippen LogP contribution in [0.5, 0.6) is 17.2 Å². The van der Waals surface area contributed by atoms with Gasteiger partial charge in [0, 0.05) is 6.54 Å². The zero-order chi connectivity index (χ0) is 16.8. The molecule has 126 valence electrons. The zero-order valence-electron chi connectivity index (χ0n) is 13.7. The number of fused-ring (bicyclic) bond motifs is 1. The van der Waals surface area contributed by atoms with Crippen molar-refractivity contribution in [2.75, 3.05) is 26.9 Å². The Morgan fingerprint density at radius 3 is 2.50 bits per heavy atom. The molecular weight excluding hydrogens is 306 g/mol. The van der Waals surface area contributed by atoms with Gasteiger partial charge in [-0.1, -0.05) is 18.2 Å². The van der Waals surface area contributed by atoms with E-state index in [4.69, 9.17) is 14.2 Å². The first kappa shape index (κ1) is 16.2. The van der Waals surface area contributed by atoms with E-state index in [1.807, 2.05) is 42.5 Å². The van der Waals surface area contributed by atoms with E-state index in [9.17, 15) is 4.79 Å². The summed E-state index contributed by atoms with van der Waals surface area (Å²) in [4.78, 5) is 12.0. The van der Waals surface area contributed by atoms with Crippen molar-refractivity contribution >= 4 is 5.91 Å². The standard InChI is InChI=1S/C19H21NO4/c1-22-16-5-2-14(3-6-16)13-19(21)20-9-8-15-4-7-17-18(12-15)24-11-10-23-17/h2-7,12H,8-11,13H2,1H3,(H,20,21). The van der Waals surface area contributed by atoms with Crippen LogP contribution in [0.25, 0.3) is 0 Å². The third-order valence-corrected chi connectivity index (χ3v) is 3.87. The molecule has 3 rings (SSSR count). The average Bonchev–Trinajstić information content (AvgIpc) is 2.62. The van der Waals surface area contributed by atoms with Gasteiger partial charge in [0.1, 0.15) is 19.0 Å². The second kappa shape index (κ2) is 7.73. The number of benzene rings is 2. The smallest absolute Gasteiger partial charge is 0.224 e. The summed E-state index contributed by atoms with van der Waals surface area (Å²) >= 11 is 0. The molecule has 1 N–H and O–H groups in total. The number of hydrogen-bond donors (Lipinski definition) is 1. The van der Waals surface area contributed by atoms with E-state index in [1.54, 1.807) is 7.11 Å². The summed E-state index contributed by atoms with van der Waals surface area (Å²) in [6.45, 7) is 1.76. The molecule has 0 saturated carbocycles. The van der Waals surface area contributed by atoms with E-state index >= 15 is 0 Å². The van der Waals surface area contributed by atoms with Crippen molar-refractivity contribution in [1.82, 2.24) is 5.32 Å². The highest BCUT2D eigenvalue weighted by atomic mass is 16.6. The maximum atomic E-state index is 12.0. The van der Waals surface area contributed by atoms with Crippen molar-refractivity contribution in [1.29, 1.82) is 0 Å². The summed E-state index contributed by atoms with van der Waals surface area (Å²) in [6, 6.07) is 13.4. The fourth-order valence-corrected chi connectivity index (χ4v) is 2.58. The van der Waals surface area contributed by atoms with Crippen LogP contribution in [0.4, 0.5) is 0 Å². The summed E-state index contributed by atoms with van der Waals surface area (Å²) in [5.74, 6) is 2.37. The minimum Gasteiger partial charge on any atom is -0.497 e. The molecule has 0 unspecified atom stereocenters. The molecule has 5 heteroatoms. The van der Waals surface area contributed by atoms with Gasteiger partial charge < -0.3 is 19.5 Å². The van der Waals surface area contributed by atoms with Crippen molar-refractivity contribution in [3.05, 3.63) is 53.6 Å². The summed E-state index contributed by atoms with van der Waals surface area (Å²) in [6.07, 6.45) is 1.12. The molecule has 0 spiro atoms. The lowest BCUT2D eigenvalue weighted by Crippen LogP contribution is -2.27. The highest BCUT2D eigenvalue weighted by molar-refractivity contribution is 5.78.